The molecule has 2 aliphatic rings. The van der Waals surface area contributed by atoms with Crippen molar-refractivity contribution in [1.82, 2.24) is 0 Å². The van der Waals surface area contributed by atoms with Gasteiger partial charge in [-0.2, -0.15) is 0 Å². The van der Waals surface area contributed by atoms with Crippen molar-refractivity contribution in [2.45, 2.75) is 32.7 Å². The molecule has 1 fully saturated rings. The van der Waals surface area contributed by atoms with Crippen molar-refractivity contribution in [3.63, 3.8) is 0 Å². The summed E-state index contributed by atoms with van der Waals surface area (Å²) >= 11 is 0. The fourth-order valence-corrected chi connectivity index (χ4v) is 4.24. The van der Waals surface area contributed by atoms with E-state index < -0.39 is 5.91 Å². The first-order valence-corrected chi connectivity index (χ1v) is 9.62. The van der Waals surface area contributed by atoms with E-state index in [1.165, 1.54) is 10.5 Å². The highest BCUT2D eigenvalue weighted by Crippen LogP contribution is 2.29. The number of quaternary nitrogens is 1. The van der Waals surface area contributed by atoms with E-state index >= 15 is 0 Å². The van der Waals surface area contributed by atoms with Gasteiger partial charge in [-0.05, 0) is 50.2 Å². The summed E-state index contributed by atoms with van der Waals surface area (Å²) in [6.07, 6.45) is 2.20. The van der Waals surface area contributed by atoms with Gasteiger partial charge in [0.1, 0.15) is 11.8 Å². The van der Waals surface area contributed by atoms with Crippen LogP contribution in [-0.4, -0.2) is 31.5 Å². The average Bonchev–Trinajstić information content (AvgIpc) is 3.22. The molecule has 1 saturated heterocycles. The Morgan fingerprint density at radius 1 is 1.15 bits per heavy atom. The molecule has 1 amide bonds. The first-order valence-electron chi connectivity index (χ1n) is 9.62. The second kappa shape index (κ2) is 7.16. The number of carbonyl (C=O) groups excluding carboxylic acids is 2. The number of carbonyl (C=O) groups is 2. The molecule has 2 aromatic rings. The van der Waals surface area contributed by atoms with Crippen LogP contribution < -0.4 is 14.5 Å². The van der Waals surface area contributed by atoms with E-state index in [0.717, 1.165) is 36.4 Å². The van der Waals surface area contributed by atoms with Gasteiger partial charge in [-0.25, -0.2) is 0 Å². The minimum absolute atomic E-state index is 0.332. The number of ketones is 1. The largest absolute Gasteiger partial charge is 0.494 e. The molecular weight excluding hydrogens is 340 g/mol. The molecule has 27 heavy (non-hydrogen) atoms. The van der Waals surface area contributed by atoms with E-state index in [1.54, 1.807) is 4.90 Å². The SMILES string of the molecule is CCOc1ccc([C@@H]2CCC[NH+]2CN2C(=O)C(=O)c3cc(C)ccc32)cc1. The van der Waals surface area contributed by atoms with Gasteiger partial charge in [0.05, 0.1) is 24.4 Å². The summed E-state index contributed by atoms with van der Waals surface area (Å²) in [5.74, 6) is 0.0933. The number of benzene rings is 2. The molecule has 5 nitrogen and oxygen atoms in total. The molecule has 2 aromatic carbocycles. The number of amides is 1. The minimum Gasteiger partial charge on any atom is -0.494 e. The Morgan fingerprint density at radius 2 is 1.93 bits per heavy atom. The molecule has 1 N–H and O–H groups in total. The summed E-state index contributed by atoms with van der Waals surface area (Å²) in [6, 6.07) is 14.3. The van der Waals surface area contributed by atoms with E-state index in [-0.39, 0.29) is 5.78 Å². The summed E-state index contributed by atoms with van der Waals surface area (Å²) in [7, 11) is 0. The van der Waals surface area contributed by atoms with Crippen molar-refractivity contribution >= 4 is 17.4 Å². The Labute approximate surface area is 159 Å². The highest BCUT2D eigenvalue weighted by atomic mass is 16.5. The predicted octanol–water partition coefficient (Wildman–Crippen LogP) is 2.30. The van der Waals surface area contributed by atoms with Crippen LogP contribution >= 0.6 is 0 Å². The van der Waals surface area contributed by atoms with Crippen molar-refractivity contribution in [1.29, 1.82) is 0 Å². The lowest BCUT2D eigenvalue weighted by Crippen LogP contribution is -3.12. The normalized spacial score (nSPS) is 21.6. The van der Waals surface area contributed by atoms with Crippen LogP contribution in [0.1, 0.15) is 47.3 Å². The first-order chi connectivity index (χ1) is 13.1. The number of hydrogen-bond acceptors (Lipinski definition) is 3. The van der Waals surface area contributed by atoms with Gasteiger partial charge in [0.25, 0.3) is 5.78 Å². The fraction of sp³-hybridized carbons (Fsp3) is 0.364. The third-order valence-electron chi connectivity index (χ3n) is 5.57. The Balaban J connectivity index is 1.55. The maximum absolute atomic E-state index is 12.6. The smallest absolute Gasteiger partial charge is 0.303 e. The van der Waals surface area contributed by atoms with Gasteiger partial charge in [0.2, 0.25) is 0 Å². The van der Waals surface area contributed by atoms with Crippen molar-refractivity contribution in [3.8, 4) is 5.75 Å². The van der Waals surface area contributed by atoms with Gasteiger partial charge in [-0.15, -0.1) is 0 Å². The Kier molecular flexibility index (Phi) is 4.70. The monoisotopic (exact) mass is 365 g/mol. The van der Waals surface area contributed by atoms with Gasteiger partial charge in [-0.1, -0.05) is 11.6 Å². The van der Waals surface area contributed by atoms with Crippen molar-refractivity contribution in [3.05, 3.63) is 59.2 Å². The fourth-order valence-electron chi connectivity index (χ4n) is 4.24. The van der Waals surface area contributed by atoms with Crippen LogP contribution in [-0.2, 0) is 4.79 Å². The highest BCUT2D eigenvalue weighted by molar-refractivity contribution is 6.52. The van der Waals surface area contributed by atoms with Crippen LogP contribution in [0.15, 0.2) is 42.5 Å². The lowest BCUT2D eigenvalue weighted by Gasteiger charge is -2.26. The Bertz CT molecular complexity index is 876. The molecule has 140 valence electrons. The third kappa shape index (κ3) is 3.23. The average molecular weight is 365 g/mol. The van der Waals surface area contributed by atoms with Crippen LogP contribution in [0.25, 0.3) is 0 Å². The number of rotatable bonds is 5. The van der Waals surface area contributed by atoms with Gasteiger partial charge >= 0.3 is 5.91 Å². The summed E-state index contributed by atoms with van der Waals surface area (Å²) in [4.78, 5) is 27.9. The number of hydrogen-bond donors (Lipinski definition) is 1. The van der Waals surface area contributed by atoms with E-state index in [4.69, 9.17) is 4.74 Å². The molecule has 0 aromatic heterocycles. The summed E-state index contributed by atoms with van der Waals surface area (Å²) in [5, 5.41) is 0. The van der Waals surface area contributed by atoms with Crippen LogP contribution in [0.2, 0.25) is 0 Å². The third-order valence-corrected chi connectivity index (χ3v) is 5.57. The van der Waals surface area contributed by atoms with Crippen molar-refractivity contribution < 1.29 is 19.2 Å². The van der Waals surface area contributed by atoms with E-state index in [0.29, 0.717) is 24.9 Å². The second-order valence-electron chi connectivity index (χ2n) is 7.35. The molecule has 1 unspecified atom stereocenters. The van der Waals surface area contributed by atoms with Crippen LogP contribution in [0.3, 0.4) is 0 Å². The number of fused-ring (bicyclic) bond motifs is 1. The zero-order chi connectivity index (χ0) is 19.0. The number of anilines is 1. The lowest BCUT2D eigenvalue weighted by molar-refractivity contribution is -0.917. The van der Waals surface area contributed by atoms with Crippen LogP contribution in [0.5, 0.6) is 5.75 Å². The molecule has 0 bridgehead atoms. The number of likely N-dealkylation sites (tertiary alicyclic amines) is 1. The van der Waals surface area contributed by atoms with Crippen LogP contribution in [0, 0.1) is 6.92 Å². The molecule has 0 aliphatic carbocycles. The minimum atomic E-state index is -0.402. The Hall–Kier alpha value is -2.66. The summed E-state index contributed by atoms with van der Waals surface area (Å²) < 4.78 is 5.54. The maximum Gasteiger partial charge on any atom is 0.303 e. The lowest BCUT2D eigenvalue weighted by atomic mass is 10.0. The Morgan fingerprint density at radius 3 is 2.67 bits per heavy atom. The van der Waals surface area contributed by atoms with Gasteiger partial charge in [0.15, 0.2) is 6.67 Å². The topological polar surface area (TPSA) is 51.1 Å². The number of ether oxygens (including phenoxy) is 1. The summed E-state index contributed by atoms with van der Waals surface area (Å²) in [5.41, 5.74) is 3.54. The molecule has 2 aliphatic heterocycles. The standard InChI is InChI=1S/C22H24N2O3/c1-3-27-17-9-7-16(8-10-17)19-5-4-12-23(19)14-24-20-11-6-15(2)13-18(20)21(25)22(24)26/h6-11,13,19H,3-5,12,14H2,1-2H3/p+1/t19-/m0/s1. The van der Waals surface area contributed by atoms with Crippen molar-refractivity contribution in [2.24, 2.45) is 0 Å². The quantitative estimate of drug-likeness (QED) is 0.828. The number of nitrogens with zero attached hydrogens (tertiary/aromatic N) is 1. The molecule has 2 atom stereocenters. The molecule has 4 rings (SSSR count). The molecule has 0 spiro atoms. The van der Waals surface area contributed by atoms with Crippen molar-refractivity contribution in [2.75, 3.05) is 24.7 Å². The maximum atomic E-state index is 12.6. The van der Waals surface area contributed by atoms with E-state index in [1.807, 2.05) is 44.2 Å². The number of nitrogens with one attached hydrogen (secondary N) is 1. The molecular formula is C22H25N2O3+. The molecule has 5 heteroatoms. The zero-order valence-corrected chi connectivity index (χ0v) is 15.8. The number of Topliss-reactive ketones (excluding diaryl/α,β-unsaturated/α-hetero) is 1. The van der Waals surface area contributed by atoms with E-state index in [2.05, 4.69) is 12.1 Å². The first kappa shape index (κ1) is 17.7. The second-order valence-corrected chi connectivity index (χ2v) is 7.35. The zero-order valence-electron chi connectivity index (χ0n) is 15.8. The van der Waals surface area contributed by atoms with Gasteiger partial charge < -0.3 is 9.64 Å². The van der Waals surface area contributed by atoms with Gasteiger partial charge in [-0.3, -0.25) is 14.5 Å². The molecule has 2 heterocycles. The molecule has 0 radical (unpaired) electrons. The predicted molar refractivity (Wildman–Crippen MR) is 103 cm³/mol. The van der Waals surface area contributed by atoms with Crippen LogP contribution in [0.4, 0.5) is 5.69 Å². The molecule has 0 saturated carbocycles. The van der Waals surface area contributed by atoms with Gasteiger partial charge in [0, 0.05) is 18.4 Å². The van der Waals surface area contributed by atoms with E-state index in [9.17, 15) is 9.59 Å². The summed E-state index contributed by atoms with van der Waals surface area (Å²) in [6.45, 7) is 6.10. The highest BCUT2D eigenvalue weighted by Gasteiger charge is 2.40. The number of aryl methyl sites for hydroxylation is 1.